The summed E-state index contributed by atoms with van der Waals surface area (Å²) in [7, 11) is 1.65. The van der Waals surface area contributed by atoms with E-state index >= 15 is 0 Å². The molecule has 4 heteroatoms. The second-order valence-corrected chi connectivity index (χ2v) is 7.11. The Morgan fingerprint density at radius 2 is 1.73 bits per heavy atom. The SMILES string of the molecule is COc1cc(OC(C)C)cc(-c2ccc(OCC3CC3C(C)=O)cc2)c1. The Bertz CT molecular complexity index is 764. The van der Waals surface area contributed by atoms with Crippen molar-refractivity contribution in [3.8, 4) is 28.4 Å². The molecule has 0 heterocycles. The number of carbonyl (C=O) groups excluding carboxylic acids is 1. The molecule has 0 bridgehead atoms. The van der Waals surface area contributed by atoms with Crippen molar-refractivity contribution in [3.05, 3.63) is 42.5 Å². The number of carbonyl (C=O) groups is 1. The summed E-state index contributed by atoms with van der Waals surface area (Å²) in [6.45, 7) is 6.27. The zero-order chi connectivity index (χ0) is 18.7. The average Bonchev–Trinajstić information content (AvgIpc) is 3.39. The van der Waals surface area contributed by atoms with Crippen molar-refractivity contribution in [2.24, 2.45) is 11.8 Å². The number of rotatable bonds is 8. The van der Waals surface area contributed by atoms with Gasteiger partial charge in [-0.3, -0.25) is 4.79 Å². The molecule has 2 unspecified atom stereocenters. The van der Waals surface area contributed by atoms with Crippen LogP contribution in [0.5, 0.6) is 17.2 Å². The van der Waals surface area contributed by atoms with Gasteiger partial charge in [0.1, 0.15) is 23.0 Å². The highest BCUT2D eigenvalue weighted by Crippen LogP contribution is 2.39. The number of methoxy groups -OCH3 is 1. The molecule has 1 aliphatic carbocycles. The number of benzene rings is 2. The van der Waals surface area contributed by atoms with E-state index in [9.17, 15) is 4.79 Å². The van der Waals surface area contributed by atoms with Crippen molar-refractivity contribution in [1.82, 2.24) is 0 Å². The zero-order valence-electron chi connectivity index (χ0n) is 15.8. The van der Waals surface area contributed by atoms with Gasteiger partial charge in [0.15, 0.2) is 0 Å². The molecule has 1 aliphatic rings. The van der Waals surface area contributed by atoms with E-state index < -0.39 is 0 Å². The molecule has 2 aromatic rings. The van der Waals surface area contributed by atoms with E-state index in [4.69, 9.17) is 14.2 Å². The van der Waals surface area contributed by atoms with Gasteiger partial charge >= 0.3 is 0 Å². The third-order valence-corrected chi connectivity index (χ3v) is 4.58. The third-order valence-electron chi connectivity index (χ3n) is 4.58. The number of ketones is 1. The Labute approximate surface area is 155 Å². The van der Waals surface area contributed by atoms with Gasteiger partial charge in [0.2, 0.25) is 0 Å². The molecule has 0 spiro atoms. The lowest BCUT2D eigenvalue weighted by molar-refractivity contribution is -0.118. The van der Waals surface area contributed by atoms with Gasteiger partial charge in [0.05, 0.1) is 19.8 Å². The highest BCUT2D eigenvalue weighted by Gasteiger charge is 2.41. The van der Waals surface area contributed by atoms with E-state index in [1.54, 1.807) is 14.0 Å². The van der Waals surface area contributed by atoms with E-state index in [1.165, 1.54) is 0 Å². The second-order valence-electron chi connectivity index (χ2n) is 7.11. The van der Waals surface area contributed by atoms with E-state index in [2.05, 4.69) is 0 Å². The lowest BCUT2D eigenvalue weighted by Crippen LogP contribution is -2.05. The smallest absolute Gasteiger partial charge is 0.133 e. The van der Waals surface area contributed by atoms with Crippen LogP contribution in [-0.2, 0) is 4.79 Å². The monoisotopic (exact) mass is 354 g/mol. The van der Waals surface area contributed by atoms with Crippen LogP contribution in [0.4, 0.5) is 0 Å². The molecule has 26 heavy (non-hydrogen) atoms. The minimum absolute atomic E-state index is 0.104. The average molecular weight is 354 g/mol. The van der Waals surface area contributed by atoms with Crippen LogP contribution in [0.3, 0.4) is 0 Å². The van der Waals surface area contributed by atoms with E-state index in [0.29, 0.717) is 12.5 Å². The van der Waals surface area contributed by atoms with Crippen LogP contribution in [-0.4, -0.2) is 25.6 Å². The largest absolute Gasteiger partial charge is 0.497 e. The van der Waals surface area contributed by atoms with Gasteiger partial charge in [-0.2, -0.15) is 0 Å². The molecule has 1 saturated carbocycles. The van der Waals surface area contributed by atoms with Crippen molar-refractivity contribution >= 4 is 5.78 Å². The van der Waals surface area contributed by atoms with E-state index in [1.807, 2.05) is 56.3 Å². The lowest BCUT2D eigenvalue weighted by atomic mass is 10.0. The first-order chi connectivity index (χ1) is 12.5. The van der Waals surface area contributed by atoms with Gasteiger partial charge in [0, 0.05) is 17.9 Å². The predicted octanol–water partition coefficient (Wildman–Crippen LogP) is 4.75. The Morgan fingerprint density at radius 3 is 2.31 bits per heavy atom. The van der Waals surface area contributed by atoms with Crippen molar-refractivity contribution in [1.29, 1.82) is 0 Å². The summed E-state index contributed by atoms with van der Waals surface area (Å²) in [5, 5.41) is 0. The Balaban J connectivity index is 1.69. The molecule has 0 saturated heterocycles. The van der Waals surface area contributed by atoms with Gasteiger partial charge in [-0.15, -0.1) is 0 Å². The summed E-state index contributed by atoms with van der Waals surface area (Å²) in [5.74, 6) is 3.23. The number of ether oxygens (including phenoxy) is 3. The standard InChI is InChI=1S/C22H26O4/c1-14(2)26-21-10-17(9-20(12-21)24-4)16-5-7-19(8-6-16)25-13-18-11-22(18)15(3)23/h5-10,12,14,18,22H,11,13H2,1-4H3. The number of Topliss-reactive ketones (excluding diaryl/α,β-unsaturated/α-hetero) is 1. The first-order valence-electron chi connectivity index (χ1n) is 9.05. The molecule has 2 atom stereocenters. The highest BCUT2D eigenvalue weighted by atomic mass is 16.5. The molecule has 138 valence electrons. The van der Waals surface area contributed by atoms with Gasteiger partial charge in [-0.05, 0) is 62.6 Å². The summed E-state index contributed by atoms with van der Waals surface area (Å²) in [5.41, 5.74) is 2.10. The molecule has 2 aromatic carbocycles. The maximum absolute atomic E-state index is 11.3. The van der Waals surface area contributed by atoms with E-state index in [0.717, 1.165) is 34.8 Å². The third kappa shape index (κ3) is 4.57. The molecule has 0 aromatic heterocycles. The molecule has 3 rings (SSSR count). The molecule has 1 fully saturated rings. The van der Waals surface area contributed by atoms with Crippen LogP contribution in [0.1, 0.15) is 27.2 Å². The maximum Gasteiger partial charge on any atom is 0.133 e. The predicted molar refractivity (Wildman–Crippen MR) is 102 cm³/mol. The van der Waals surface area contributed by atoms with Gasteiger partial charge in [-0.1, -0.05) is 12.1 Å². The molecular weight excluding hydrogens is 328 g/mol. The fourth-order valence-corrected chi connectivity index (χ4v) is 3.07. The summed E-state index contributed by atoms with van der Waals surface area (Å²) < 4.78 is 17.0. The van der Waals surface area contributed by atoms with Gasteiger partial charge < -0.3 is 14.2 Å². The molecule has 0 aliphatic heterocycles. The van der Waals surface area contributed by atoms with E-state index in [-0.39, 0.29) is 17.8 Å². The van der Waals surface area contributed by atoms with Crippen LogP contribution in [0, 0.1) is 11.8 Å². The number of hydrogen-bond donors (Lipinski definition) is 0. The minimum atomic E-state index is 0.104. The molecule has 0 radical (unpaired) electrons. The molecule has 4 nitrogen and oxygen atoms in total. The fourth-order valence-electron chi connectivity index (χ4n) is 3.07. The molecular formula is C22H26O4. The van der Waals surface area contributed by atoms with Gasteiger partial charge in [-0.25, -0.2) is 0 Å². The highest BCUT2D eigenvalue weighted by molar-refractivity contribution is 5.81. The maximum atomic E-state index is 11.3. The van der Waals surface area contributed by atoms with Crippen LogP contribution >= 0.6 is 0 Å². The van der Waals surface area contributed by atoms with Crippen LogP contribution in [0.25, 0.3) is 11.1 Å². The topological polar surface area (TPSA) is 44.8 Å². The Morgan fingerprint density at radius 1 is 1.04 bits per heavy atom. The van der Waals surface area contributed by atoms with Crippen LogP contribution in [0.15, 0.2) is 42.5 Å². The van der Waals surface area contributed by atoms with Crippen LogP contribution in [0.2, 0.25) is 0 Å². The number of hydrogen-bond acceptors (Lipinski definition) is 4. The first-order valence-corrected chi connectivity index (χ1v) is 9.05. The summed E-state index contributed by atoms with van der Waals surface area (Å²) in [6, 6.07) is 13.9. The van der Waals surface area contributed by atoms with Crippen molar-refractivity contribution in [3.63, 3.8) is 0 Å². The molecule has 0 N–H and O–H groups in total. The van der Waals surface area contributed by atoms with Crippen molar-refractivity contribution in [2.45, 2.75) is 33.3 Å². The Hall–Kier alpha value is -2.49. The van der Waals surface area contributed by atoms with Crippen molar-refractivity contribution in [2.75, 3.05) is 13.7 Å². The zero-order valence-corrected chi connectivity index (χ0v) is 15.8. The second kappa shape index (κ2) is 7.81. The Kier molecular flexibility index (Phi) is 5.50. The van der Waals surface area contributed by atoms with Crippen molar-refractivity contribution < 1.29 is 19.0 Å². The normalized spacial score (nSPS) is 18.5. The molecule has 0 amide bonds. The summed E-state index contributed by atoms with van der Waals surface area (Å²) >= 11 is 0. The quantitative estimate of drug-likeness (QED) is 0.686. The summed E-state index contributed by atoms with van der Waals surface area (Å²) in [4.78, 5) is 11.3. The first kappa shape index (κ1) is 18.3. The fraction of sp³-hybridized carbons (Fsp3) is 0.409. The van der Waals surface area contributed by atoms with Crippen LogP contribution < -0.4 is 14.2 Å². The minimum Gasteiger partial charge on any atom is -0.497 e. The van der Waals surface area contributed by atoms with Gasteiger partial charge in [0.25, 0.3) is 0 Å². The summed E-state index contributed by atoms with van der Waals surface area (Å²) in [6.07, 6.45) is 1.06. The lowest BCUT2D eigenvalue weighted by Gasteiger charge is -2.13.